The first-order chi connectivity index (χ1) is 25.3. The van der Waals surface area contributed by atoms with Crippen LogP contribution in [-0.4, -0.2) is 82.3 Å². The summed E-state index contributed by atoms with van der Waals surface area (Å²) in [6.45, 7) is 3.43. The Morgan fingerprint density at radius 3 is 2.24 bits per heavy atom. The fourth-order valence-electron chi connectivity index (χ4n) is 6.22. The summed E-state index contributed by atoms with van der Waals surface area (Å²) in [7, 11) is -3.87. The van der Waals surface area contributed by atoms with E-state index in [2.05, 4.69) is 25.0 Å². The van der Waals surface area contributed by atoms with Gasteiger partial charge in [-0.3, -0.25) is 19.2 Å². The zero-order valence-electron chi connectivity index (χ0n) is 29.8. The molecule has 0 radical (unpaired) electrons. The molecule has 6 rings (SSSR count). The predicted molar refractivity (Wildman–Crippen MR) is 190 cm³/mol. The van der Waals surface area contributed by atoms with Crippen molar-refractivity contribution in [3.05, 3.63) is 76.1 Å². The highest BCUT2D eigenvalue weighted by molar-refractivity contribution is 7.90. The van der Waals surface area contributed by atoms with Gasteiger partial charge >= 0.3 is 18.3 Å². The number of nitrogens with zero attached hydrogens (tertiary/aromatic N) is 4. The van der Waals surface area contributed by atoms with Gasteiger partial charge in [0.05, 0.1) is 10.8 Å². The molecular weight excluding hydrogens is 753 g/mol. The molecule has 1 aliphatic heterocycles. The minimum Gasteiger partial charge on any atom is -0.454 e. The number of anilines is 1. The van der Waals surface area contributed by atoms with Crippen molar-refractivity contribution in [3.63, 3.8) is 0 Å². The molecule has 0 spiro atoms. The van der Waals surface area contributed by atoms with Gasteiger partial charge in [0.2, 0.25) is 16.0 Å². The maximum absolute atomic E-state index is 13.4. The van der Waals surface area contributed by atoms with Gasteiger partial charge in [0.15, 0.2) is 12.4 Å². The molecule has 2 heterocycles. The molecule has 18 heteroatoms. The van der Waals surface area contributed by atoms with E-state index in [-0.39, 0.29) is 43.4 Å². The molecule has 1 saturated heterocycles. The molecule has 0 unspecified atom stereocenters. The van der Waals surface area contributed by atoms with Gasteiger partial charge < -0.3 is 14.8 Å². The van der Waals surface area contributed by atoms with Gasteiger partial charge in [-0.25, -0.2) is 13.2 Å². The van der Waals surface area contributed by atoms with Crippen LogP contribution in [-0.2, 0) is 31.5 Å². The second-order valence-corrected chi connectivity index (χ2v) is 17.3. The molecule has 2 aromatic carbocycles. The van der Waals surface area contributed by atoms with Gasteiger partial charge in [-0.1, -0.05) is 48.0 Å². The minimum absolute atomic E-state index is 0.00803. The first kappa shape index (κ1) is 39.2. The Kier molecular flexibility index (Phi) is 10.9. The lowest BCUT2D eigenvalue weighted by Gasteiger charge is -2.28. The number of hydrogen-bond donors (Lipinski definition) is 2. The SMILES string of the molecule is CC(C)(C)OC(=O)N1C[C@@H](CC(=O)c2ccc(Cc3nc(NC4(c5ccc(Cl)cc5)CC4)nc(OCC(F)(F)F)n3)cc2)C[C@@H]1C(=O)NS(=O)(=O)C1CC1. The molecule has 1 aromatic heterocycles. The van der Waals surface area contributed by atoms with E-state index in [0.29, 0.717) is 29.0 Å². The van der Waals surface area contributed by atoms with Gasteiger partial charge in [-0.2, -0.15) is 28.1 Å². The Labute approximate surface area is 315 Å². The van der Waals surface area contributed by atoms with Gasteiger partial charge in [0.1, 0.15) is 17.5 Å². The zero-order chi connectivity index (χ0) is 39.1. The first-order valence-corrected chi connectivity index (χ1v) is 19.4. The first-order valence-electron chi connectivity index (χ1n) is 17.4. The molecule has 2 N–H and O–H groups in total. The molecule has 54 heavy (non-hydrogen) atoms. The molecule has 0 bridgehead atoms. The highest BCUT2D eigenvalue weighted by atomic mass is 35.5. The van der Waals surface area contributed by atoms with E-state index < -0.39 is 69.2 Å². The van der Waals surface area contributed by atoms with Crippen LogP contribution in [0.5, 0.6) is 6.01 Å². The van der Waals surface area contributed by atoms with E-state index in [4.69, 9.17) is 21.1 Å². The van der Waals surface area contributed by atoms with Gasteiger partial charge in [-0.15, -0.1) is 0 Å². The summed E-state index contributed by atoms with van der Waals surface area (Å²) >= 11 is 6.05. The topological polar surface area (TPSA) is 170 Å². The fraction of sp³-hybridized carbons (Fsp3) is 0.500. The van der Waals surface area contributed by atoms with Crippen molar-refractivity contribution < 1.29 is 45.4 Å². The lowest BCUT2D eigenvalue weighted by Crippen LogP contribution is -2.49. The molecule has 2 amide bonds. The van der Waals surface area contributed by atoms with E-state index in [9.17, 15) is 36.0 Å². The Hall–Kier alpha value is -4.51. The maximum Gasteiger partial charge on any atom is 0.422 e. The second-order valence-electron chi connectivity index (χ2n) is 14.9. The van der Waals surface area contributed by atoms with Gasteiger partial charge in [0.25, 0.3) is 5.91 Å². The lowest BCUT2D eigenvalue weighted by molar-refractivity contribution is -0.154. The second kappa shape index (κ2) is 15.0. The largest absolute Gasteiger partial charge is 0.454 e. The van der Waals surface area contributed by atoms with E-state index >= 15 is 0 Å². The molecule has 290 valence electrons. The number of nitrogens with one attached hydrogen (secondary N) is 2. The molecule has 3 aliphatic rings. The van der Waals surface area contributed by atoms with Crippen LogP contribution in [0.15, 0.2) is 48.5 Å². The third-order valence-corrected chi connectivity index (χ3v) is 11.2. The quantitative estimate of drug-likeness (QED) is 0.196. The number of Topliss-reactive ketones (excluding diaryl/α,β-unsaturated/α-hetero) is 1. The van der Waals surface area contributed by atoms with Crippen LogP contribution >= 0.6 is 11.6 Å². The molecule has 2 atom stereocenters. The number of benzene rings is 2. The van der Waals surface area contributed by atoms with Crippen LogP contribution in [0.3, 0.4) is 0 Å². The summed E-state index contributed by atoms with van der Waals surface area (Å²) in [5.74, 6) is -1.39. The van der Waals surface area contributed by atoms with E-state index in [1.165, 1.54) is 4.90 Å². The fourth-order valence-corrected chi connectivity index (χ4v) is 7.69. The molecule has 2 saturated carbocycles. The molecular formula is C36H40ClF3N6O7S. The smallest absolute Gasteiger partial charge is 0.422 e. The van der Waals surface area contributed by atoms with E-state index in [1.807, 2.05) is 12.1 Å². The Balaban J connectivity index is 1.13. The average molecular weight is 793 g/mol. The Morgan fingerprint density at radius 2 is 1.65 bits per heavy atom. The van der Waals surface area contributed by atoms with Crippen molar-refractivity contribution in [2.24, 2.45) is 5.92 Å². The number of ketones is 1. The summed E-state index contributed by atoms with van der Waals surface area (Å²) in [5, 5.41) is 3.16. The monoisotopic (exact) mass is 792 g/mol. The third kappa shape index (κ3) is 10.2. The molecule has 3 aromatic rings. The number of hydrogen-bond acceptors (Lipinski definition) is 11. The van der Waals surface area contributed by atoms with E-state index in [1.54, 1.807) is 57.2 Å². The summed E-state index contributed by atoms with van der Waals surface area (Å²) in [6.07, 6.45) is -2.91. The number of likely N-dealkylation sites (tertiary alicyclic amines) is 1. The van der Waals surface area contributed by atoms with Gasteiger partial charge in [-0.05, 0) is 82.1 Å². The Bertz CT molecular complexity index is 2000. The van der Waals surface area contributed by atoms with Crippen LogP contribution in [0.2, 0.25) is 5.02 Å². The molecule has 13 nitrogen and oxygen atoms in total. The van der Waals surface area contributed by atoms with Crippen molar-refractivity contribution in [3.8, 4) is 6.01 Å². The van der Waals surface area contributed by atoms with Crippen LogP contribution in [0.1, 0.15) is 86.6 Å². The number of halogens is 4. The standard InChI is InChI=1S/C36H40ClF3N6O7S/c1-34(2,3)53-33(49)46-19-22(16-27(46)30(48)45-54(50,51)26-12-13-26)17-28(47)23-6-4-21(5-7-23)18-29-41-31(43-32(42-29)52-20-36(38,39)40)44-35(14-15-35)24-8-10-25(37)11-9-24/h4-11,22,26-27H,12-20H2,1-3H3,(H,45,48)(H,41,42,43,44)/t22-,27-/m1/s1. The summed E-state index contributed by atoms with van der Waals surface area (Å²) in [6, 6.07) is 12.1. The summed E-state index contributed by atoms with van der Waals surface area (Å²) in [4.78, 5) is 53.4. The number of alkyl halides is 3. The van der Waals surface area contributed by atoms with Crippen LogP contribution in [0, 0.1) is 5.92 Å². The summed E-state index contributed by atoms with van der Waals surface area (Å²) in [5.41, 5.74) is 0.519. The molecule has 3 fully saturated rings. The van der Waals surface area contributed by atoms with Crippen molar-refractivity contribution in [2.45, 2.75) is 94.3 Å². The molecule has 2 aliphatic carbocycles. The average Bonchev–Trinajstić information content (AvgIpc) is 4.01. The summed E-state index contributed by atoms with van der Waals surface area (Å²) < 4.78 is 76.4. The van der Waals surface area contributed by atoms with Gasteiger partial charge in [0, 0.05) is 30.0 Å². The van der Waals surface area contributed by atoms with Crippen molar-refractivity contribution in [2.75, 3.05) is 18.5 Å². The predicted octanol–water partition coefficient (Wildman–Crippen LogP) is 5.96. The number of carbonyl (C=O) groups excluding carboxylic acids is 3. The minimum atomic E-state index is -4.61. The van der Waals surface area contributed by atoms with Crippen LogP contribution in [0.4, 0.5) is 23.9 Å². The zero-order valence-corrected chi connectivity index (χ0v) is 31.4. The normalized spacial score (nSPS) is 19.6. The van der Waals surface area contributed by atoms with Crippen LogP contribution in [0.25, 0.3) is 0 Å². The van der Waals surface area contributed by atoms with Crippen molar-refractivity contribution in [1.29, 1.82) is 0 Å². The number of aromatic nitrogens is 3. The Morgan fingerprint density at radius 1 is 0.981 bits per heavy atom. The number of amides is 2. The highest BCUT2D eigenvalue weighted by Crippen LogP contribution is 2.48. The van der Waals surface area contributed by atoms with Crippen molar-refractivity contribution >= 4 is 45.4 Å². The third-order valence-electron chi connectivity index (χ3n) is 9.16. The highest BCUT2D eigenvalue weighted by Gasteiger charge is 2.46. The van der Waals surface area contributed by atoms with Crippen molar-refractivity contribution in [1.82, 2.24) is 24.6 Å². The maximum atomic E-state index is 13.4. The number of sulfonamides is 1. The number of ether oxygens (including phenoxy) is 2. The number of carbonyl (C=O) groups is 3. The number of rotatable bonds is 13. The van der Waals surface area contributed by atoms with E-state index in [0.717, 1.165) is 18.4 Å². The lowest BCUT2D eigenvalue weighted by atomic mass is 9.95. The van der Waals surface area contributed by atoms with Crippen LogP contribution < -0.4 is 14.8 Å².